The van der Waals surface area contributed by atoms with Crippen LogP contribution in [0.4, 0.5) is 0 Å². The Labute approximate surface area is 128 Å². The first-order valence-electron chi connectivity index (χ1n) is 6.89. The van der Waals surface area contributed by atoms with Gasteiger partial charge in [-0.3, -0.25) is 4.40 Å². The van der Waals surface area contributed by atoms with Crippen LogP contribution < -0.4 is 4.74 Å². The number of carboxylic acids is 1. The number of aryl methyl sites for hydroxylation is 1. The van der Waals surface area contributed by atoms with Crippen molar-refractivity contribution in [1.82, 2.24) is 9.38 Å². The second-order valence-electron chi connectivity index (χ2n) is 5.41. The number of carbonyl (C=O) groups is 1. The minimum atomic E-state index is -1.28. The lowest BCUT2D eigenvalue weighted by Gasteiger charge is -2.06. The van der Waals surface area contributed by atoms with Gasteiger partial charge in [0.2, 0.25) is 5.88 Å². The molecule has 0 aromatic carbocycles. The highest BCUT2D eigenvalue weighted by molar-refractivity contribution is 5.96. The van der Waals surface area contributed by atoms with E-state index >= 15 is 0 Å². The number of rotatable bonds is 5. The Morgan fingerprint density at radius 1 is 1.59 bits per heavy atom. The smallest absolute Gasteiger partial charge is 0.346 e. The summed E-state index contributed by atoms with van der Waals surface area (Å²) < 4.78 is 7.38. The van der Waals surface area contributed by atoms with Gasteiger partial charge in [-0.05, 0) is 36.6 Å². The molecule has 0 bridgehead atoms. The van der Waals surface area contributed by atoms with E-state index in [2.05, 4.69) is 4.98 Å². The zero-order valence-corrected chi connectivity index (χ0v) is 12.7. The average molecular weight is 299 g/mol. The van der Waals surface area contributed by atoms with Crippen LogP contribution in [0.3, 0.4) is 0 Å². The van der Waals surface area contributed by atoms with Crippen molar-refractivity contribution in [1.29, 1.82) is 5.26 Å². The van der Waals surface area contributed by atoms with Crippen molar-refractivity contribution in [2.75, 3.05) is 6.61 Å². The first-order valence-corrected chi connectivity index (χ1v) is 6.89. The van der Waals surface area contributed by atoms with Gasteiger partial charge in [0.25, 0.3) is 0 Å². The number of fused-ring (bicyclic) bond motifs is 1. The molecule has 0 atom stereocenters. The maximum atomic E-state index is 11.1. The summed E-state index contributed by atoms with van der Waals surface area (Å²) in [6.07, 6.45) is 3.07. The molecule has 2 heterocycles. The summed E-state index contributed by atoms with van der Waals surface area (Å²) in [5.41, 5.74) is 1.77. The number of nitrogens with zero attached hydrogens (tertiary/aromatic N) is 3. The molecule has 0 aliphatic carbocycles. The Morgan fingerprint density at radius 2 is 2.32 bits per heavy atom. The largest absolute Gasteiger partial charge is 0.477 e. The predicted octanol–water partition coefficient (Wildman–Crippen LogP) is 2.67. The van der Waals surface area contributed by atoms with Gasteiger partial charge >= 0.3 is 5.97 Å². The highest BCUT2D eigenvalue weighted by Crippen LogP contribution is 2.24. The lowest BCUT2D eigenvalue weighted by Crippen LogP contribution is -2.06. The fraction of sp³-hybridized carbons (Fsp3) is 0.312. The van der Waals surface area contributed by atoms with Crippen molar-refractivity contribution < 1.29 is 14.6 Å². The summed E-state index contributed by atoms with van der Waals surface area (Å²) in [4.78, 5) is 15.4. The van der Waals surface area contributed by atoms with Gasteiger partial charge in [-0.2, -0.15) is 10.2 Å². The van der Waals surface area contributed by atoms with Crippen LogP contribution in [0.5, 0.6) is 5.88 Å². The summed E-state index contributed by atoms with van der Waals surface area (Å²) in [5.74, 6) is -0.647. The first kappa shape index (κ1) is 15.6. The molecule has 0 fully saturated rings. The molecule has 2 aromatic heterocycles. The van der Waals surface area contributed by atoms with Crippen molar-refractivity contribution in [2.24, 2.45) is 5.92 Å². The molecule has 2 aromatic rings. The minimum Gasteiger partial charge on any atom is -0.477 e. The third kappa shape index (κ3) is 3.26. The third-order valence-corrected chi connectivity index (χ3v) is 2.97. The van der Waals surface area contributed by atoms with Gasteiger partial charge in [-0.25, -0.2) is 4.79 Å². The summed E-state index contributed by atoms with van der Waals surface area (Å²) in [6.45, 7) is 6.41. The average Bonchev–Trinajstić information content (AvgIpc) is 2.78. The van der Waals surface area contributed by atoms with E-state index in [0.717, 1.165) is 5.56 Å². The molecule has 0 aliphatic heterocycles. The van der Waals surface area contributed by atoms with E-state index in [1.54, 1.807) is 16.7 Å². The molecule has 0 aliphatic rings. The number of aliphatic carboxylic acids is 1. The molecule has 0 spiro atoms. The van der Waals surface area contributed by atoms with Crippen LogP contribution in [0.1, 0.15) is 25.1 Å². The molecular weight excluding hydrogens is 282 g/mol. The van der Waals surface area contributed by atoms with Gasteiger partial charge < -0.3 is 9.84 Å². The quantitative estimate of drug-likeness (QED) is 0.677. The van der Waals surface area contributed by atoms with Gasteiger partial charge in [-0.1, -0.05) is 13.8 Å². The number of pyridine rings is 1. The van der Waals surface area contributed by atoms with Crippen molar-refractivity contribution in [3.8, 4) is 11.9 Å². The number of hydrogen-bond acceptors (Lipinski definition) is 4. The molecule has 1 N–H and O–H groups in total. The number of aromatic nitrogens is 2. The standard InChI is InChI=1S/C16H17N3O3/c1-10(2)9-22-15-13(7-12(8-17)16(20)21)19-5-4-11(3)6-14(19)18-15/h4-7,10H,9H2,1-3H3,(H,20,21)/b12-7+. The van der Waals surface area contributed by atoms with Crippen LogP contribution in [-0.4, -0.2) is 27.1 Å². The number of ether oxygens (including phenoxy) is 1. The highest BCUT2D eigenvalue weighted by Gasteiger charge is 2.16. The number of nitriles is 1. The molecule has 6 heteroatoms. The minimum absolute atomic E-state index is 0.304. The topological polar surface area (TPSA) is 87.6 Å². The van der Waals surface area contributed by atoms with Crippen LogP contribution in [0.25, 0.3) is 11.7 Å². The zero-order chi connectivity index (χ0) is 16.3. The van der Waals surface area contributed by atoms with E-state index in [1.807, 2.05) is 32.9 Å². The van der Waals surface area contributed by atoms with Crippen molar-refractivity contribution in [3.63, 3.8) is 0 Å². The Bertz CT molecular complexity index is 782. The van der Waals surface area contributed by atoms with E-state index in [9.17, 15) is 4.79 Å². The number of hydrogen-bond donors (Lipinski definition) is 1. The Morgan fingerprint density at radius 3 is 2.91 bits per heavy atom. The molecule has 0 saturated heterocycles. The van der Waals surface area contributed by atoms with E-state index in [-0.39, 0.29) is 5.57 Å². The molecular formula is C16H17N3O3. The van der Waals surface area contributed by atoms with Crippen molar-refractivity contribution in [3.05, 3.63) is 35.2 Å². The van der Waals surface area contributed by atoms with Gasteiger partial charge in [-0.15, -0.1) is 0 Å². The summed E-state index contributed by atoms with van der Waals surface area (Å²) in [6, 6.07) is 5.42. The molecule has 0 saturated carbocycles. The lowest BCUT2D eigenvalue weighted by atomic mass is 10.2. The Kier molecular flexibility index (Phi) is 4.47. The van der Waals surface area contributed by atoms with Gasteiger partial charge in [0.15, 0.2) is 0 Å². The first-order chi connectivity index (χ1) is 10.4. The third-order valence-electron chi connectivity index (χ3n) is 2.97. The van der Waals surface area contributed by atoms with Crippen LogP contribution >= 0.6 is 0 Å². The van der Waals surface area contributed by atoms with Gasteiger partial charge in [0, 0.05) is 6.20 Å². The normalized spacial score (nSPS) is 11.7. The van der Waals surface area contributed by atoms with E-state index in [4.69, 9.17) is 15.1 Å². The Hall–Kier alpha value is -2.81. The zero-order valence-electron chi connectivity index (χ0n) is 12.7. The van der Waals surface area contributed by atoms with Crippen LogP contribution in [-0.2, 0) is 4.79 Å². The molecule has 0 amide bonds. The summed E-state index contributed by atoms with van der Waals surface area (Å²) >= 11 is 0. The second kappa shape index (κ2) is 6.31. The molecule has 0 radical (unpaired) electrons. The lowest BCUT2D eigenvalue weighted by molar-refractivity contribution is -0.132. The SMILES string of the molecule is Cc1ccn2c(/C=C(\C#N)C(=O)O)c(OCC(C)C)nc2c1. The van der Waals surface area contributed by atoms with Gasteiger partial charge in [0.1, 0.15) is 23.0 Å². The highest BCUT2D eigenvalue weighted by atomic mass is 16.5. The van der Waals surface area contributed by atoms with Gasteiger partial charge in [0.05, 0.1) is 6.61 Å². The fourth-order valence-corrected chi connectivity index (χ4v) is 1.91. The number of imidazole rings is 1. The summed E-state index contributed by atoms with van der Waals surface area (Å²) in [5, 5.41) is 18.0. The maximum absolute atomic E-state index is 11.1. The molecule has 6 nitrogen and oxygen atoms in total. The Balaban J connectivity index is 2.59. The van der Waals surface area contributed by atoms with Crippen LogP contribution in [0.15, 0.2) is 23.9 Å². The molecule has 22 heavy (non-hydrogen) atoms. The van der Waals surface area contributed by atoms with E-state index < -0.39 is 5.97 Å². The number of carboxylic acid groups (broad SMARTS) is 1. The van der Waals surface area contributed by atoms with Crippen molar-refractivity contribution >= 4 is 17.7 Å². The predicted molar refractivity (Wildman–Crippen MR) is 81.5 cm³/mol. The maximum Gasteiger partial charge on any atom is 0.346 e. The monoisotopic (exact) mass is 299 g/mol. The van der Waals surface area contributed by atoms with Crippen LogP contribution in [0.2, 0.25) is 0 Å². The summed E-state index contributed by atoms with van der Waals surface area (Å²) in [7, 11) is 0. The molecule has 114 valence electrons. The second-order valence-corrected chi connectivity index (χ2v) is 5.41. The van der Waals surface area contributed by atoms with Crippen molar-refractivity contribution in [2.45, 2.75) is 20.8 Å². The van der Waals surface area contributed by atoms with Crippen LogP contribution in [0, 0.1) is 24.2 Å². The fourth-order valence-electron chi connectivity index (χ4n) is 1.91. The molecule has 2 rings (SSSR count). The van der Waals surface area contributed by atoms with E-state index in [1.165, 1.54) is 6.08 Å². The van der Waals surface area contributed by atoms with E-state index in [0.29, 0.717) is 29.7 Å². The molecule has 0 unspecified atom stereocenters.